The molecule has 3 fully saturated rings. The van der Waals surface area contributed by atoms with Crippen molar-refractivity contribution in [2.75, 3.05) is 0 Å². The molecule has 0 aromatic heterocycles. The third-order valence-electron chi connectivity index (χ3n) is 3.09. The number of fused-ring (bicyclic) bond motifs is 3. The first-order chi connectivity index (χ1) is 4.62. The molecule has 0 atom stereocenters. The molecule has 3 rings (SSSR count). The van der Waals surface area contributed by atoms with E-state index in [0.29, 0.717) is 0 Å². The molecular formula is C8H12ClO-. The van der Waals surface area contributed by atoms with Crippen LogP contribution in [0.3, 0.4) is 0 Å². The van der Waals surface area contributed by atoms with Gasteiger partial charge in [-0.15, -0.1) is 17.2 Å². The van der Waals surface area contributed by atoms with Crippen molar-refractivity contribution in [2.24, 2.45) is 0 Å². The summed E-state index contributed by atoms with van der Waals surface area (Å²) in [5.41, 5.74) is -0.573. The fourth-order valence-electron chi connectivity index (χ4n) is 2.11. The van der Waals surface area contributed by atoms with Crippen LogP contribution in [0, 0.1) is 0 Å². The summed E-state index contributed by atoms with van der Waals surface area (Å²) in [7, 11) is 0. The van der Waals surface area contributed by atoms with Crippen LogP contribution in [0.2, 0.25) is 0 Å². The van der Waals surface area contributed by atoms with Crippen LogP contribution in [0.4, 0.5) is 0 Å². The van der Waals surface area contributed by atoms with Crippen molar-refractivity contribution in [2.45, 2.75) is 49.0 Å². The van der Waals surface area contributed by atoms with Crippen LogP contribution in [0.1, 0.15) is 38.5 Å². The fraction of sp³-hybridized carbons (Fsp3) is 1.00. The van der Waals surface area contributed by atoms with Gasteiger partial charge in [0.2, 0.25) is 0 Å². The zero-order valence-electron chi connectivity index (χ0n) is 6.03. The Morgan fingerprint density at radius 2 is 1.30 bits per heavy atom. The molecule has 3 saturated carbocycles. The topological polar surface area (TPSA) is 23.1 Å². The molecule has 0 amide bonds. The molecule has 0 aromatic carbocycles. The molecule has 0 spiro atoms. The van der Waals surface area contributed by atoms with E-state index in [4.69, 9.17) is 11.6 Å². The van der Waals surface area contributed by atoms with Crippen molar-refractivity contribution in [1.29, 1.82) is 0 Å². The number of hydrogen-bond donors (Lipinski definition) is 0. The van der Waals surface area contributed by atoms with Crippen molar-refractivity contribution in [3.05, 3.63) is 0 Å². The highest BCUT2D eigenvalue weighted by Crippen LogP contribution is 2.48. The largest absolute Gasteiger partial charge is 0.849 e. The molecule has 3 aliphatic carbocycles. The summed E-state index contributed by atoms with van der Waals surface area (Å²) in [4.78, 5) is 0.0339. The Balaban J connectivity index is 2.16. The van der Waals surface area contributed by atoms with Gasteiger partial charge in [0.1, 0.15) is 0 Å². The van der Waals surface area contributed by atoms with Gasteiger partial charge >= 0.3 is 0 Å². The van der Waals surface area contributed by atoms with Gasteiger partial charge in [-0.3, -0.25) is 0 Å². The van der Waals surface area contributed by atoms with Crippen LogP contribution in [0.15, 0.2) is 0 Å². The average Bonchev–Trinajstić information content (AvgIpc) is 1.93. The maximum absolute atomic E-state index is 11.6. The van der Waals surface area contributed by atoms with Gasteiger partial charge in [-0.2, -0.15) is 0 Å². The molecule has 0 aromatic rings. The molecule has 0 heterocycles. The van der Waals surface area contributed by atoms with E-state index in [2.05, 4.69) is 0 Å². The summed E-state index contributed by atoms with van der Waals surface area (Å²) < 4.78 is 0. The van der Waals surface area contributed by atoms with E-state index in [1.54, 1.807) is 0 Å². The zero-order chi connectivity index (χ0) is 7.24. The summed E-state index contributed by atoms with van der Waals surface area (Å²) in [5.74, 6) is 0. The van der Waals surface area contributed by atoms with Crippen LogP contribution in [-0.4, -0.2) is 10.5 Å². The summed E-state index contributed by atoms with van der Waals surface area (Å²) in [6, 6.07) is 0. The molecule has 10 heavy (non-hydrogen) atoms. The lowest BCUT2D eigenvalue weighted by atomic mass is 9.67. The quantitative estimate of drug-likeness (QED) is 0.491. The Hall–Kier alpha value is 0.250. The van der Waals surface area contributed by atoms with Crippen LogP contribution in [0.5, 0.6) is 0 Å². The number of halogens is 1. The molecule has 1 nitrogen and oxygen atoms in total. The number of rotatable bonds is 0. The Kier molecular flexibility index (Phi) is 1.31. The smallest absolute Gasteiger partial charge is 0.0446 e. The molecule has 2 bridgehead atoms. The Morgan fingerprint density at radius 1 is 0.900 bits per heavy atom. The van der Waals surface area contributed by atoms with Crippen molar-refractivity contribution >= 4 is 11.6 Å². The highest BCUT2D eigenvalue weighted by molar-refractivity contribution is 6.24. The standard InChI is InChI=1S/C8H12ClO/c9-7-1-4-8(10,5-2-7)6-3-7/h1-6H2/q-1. The van der Waals surface area contributed by atoms with Gasteiger partial charge in [-0.25, -0.2) is 0 Å². The molecule has 0 saturated heterocycles. The van der Waals surface area contributed by atoms with Gasteiger partial charge < -0.3 is 5.11 Å². The van der Waals surface area contributed by atoms with Crippen molar-refractivity contribution in [3.63, 3.8) is 0 Å². The van der Waals surface area contributed by atoms with Crippen molar-refractivity contribution in [3.8, 4) is 0 Å². The number of hydrogen-bond acceptors (Lipinski definition) is 1. The molecule has 0 unspecified atom stereocenters. The summed E-state index contributed by atoms with van der Waals surface area (Å²) in [6.45, 7) is 0. The molecule has 0 N–H and O–H groups in total. The minimum Gasteiger partial charge on any atom is -0.849 e. The van der Waals surface area contributed by atoms with E-state index < -0.39 is 5.60 Å². The van der Waals surface area contributed by atoms with Gasteiger partial charge in [0.25, 0.3) is 0 Å². The maximum atomic E-state index is 11.6. The number of alkyl halides is 1. The Labute approximate surface area is 66.4 Å². The third-order valence-corrected chi connectivity index (χ3v) is 3.65. The van der Waals surface area contributed by atoms with Gasteiger partial charge in [-0.05, 0) is 19.3 Å². The summed E-state index contributed by atoms with van der Waals surface area (Å²) in [6.07, 6.45) is 5.32. The molecule has 0 radical (unpaired) electrons. The predicted octanol–water partition coefficient (Wildman–Crippen LogP) is 1.43. The fourth-order valence-corrected chi connectivity index (χ4v) is 2.39. The SMILES string of the molecule is [O-]C12CCC(Cl)(CC1)CC2. The second-order valence-electron chi connectivity index (χ2n) is 3.83. The van der Waals surface area contributed by atoms with Crippen LogP contribution < -0.4 is 5.11 Å². The van der Waals surface area contributed by atoms with E-state index in [1.807, 2.05) is 0 Å². The van der Waals surface area contributed by atoms with Gasteiger partial charge in [0.15, 0.2) is 0 Å². The minimum absolute atomic E-state index is 0.0339. The predicted molar refractivity (Wildman–Crippen MR) is 39.0 cm³/mol. The maximum Gasteiger partial charge on any atom is 0.0446 e. The van der Waals surface area contributed by atoms with E-state index in [-0.39, 0.29) is 4.87 Å². The monoisotopic (exact) mass is 159 g/mol. The molecular weight excluding hydrogens is 148 g/mol. The summed E-state index contributed by atoms with van der Waals surface area (Å²) in [5, 5.41) is 11.6. The van der Waals surface area contributed by atoms with E-state index in [0.717, 1.165) is 38.5 Å². The van der Waals surface area contributed by atoms with E-state index >= 15 is 0 Å². The first-order valence-corrected chi connectivity index (χ1v) is 4.39. The highest BCUT2D eigenvalue weighted by atomic mass is 35.5. The first-order valence-electron chi connectivity index (χ1n) is 4.01. The van der Waals surface area contributed by atoms with Crippen molar-refractivity contribution < 1.29 is 5.11 Å². The van der Waals surface area contributed by atoms with Crippen LogP contribution >= 0.6 is 11.6 Å². The van der Waals surface area contributed by atoms with Crippen LogP contribution in [-0.2, 0) is 0 Å². The molecule has 3 aliphatic rings. The molecule has 2 heteroatoms. The third kappa shape index (κ3) is 0.960. The van der Waals surface area contributed by atoms with Gasteiger partial charge in [-0.1, -0.05) is 19.3 Å². The minimum atomic E-state index is -0.573. The highest BCUT2D eigenvalue weighted by Gasteiger charge is 2.41. The van der Waals surface area contributed by atoms with Gasteiger partial charge in [0.05, 0.1) is 0 Å². The first kappa shape index (κ1) is 6.93. The lowest BCUT2D eigenvalue weighted by Crippen LogP contribution is -2.55. The van der Waals surface area contributed by atoms with E-state index in [1.165, 1.54) is 0 Å². The Morgan fingerprint density at radius 3 is 1.60 bits per heavy atom. The van der Waals surface area contributed by atoms with Crippen LogP contribution in [0.25, 0.3) is 0 Å². The Bertz CT molecular complexity index is 113. The van der Waals surface area contributed by atoms with Crippen molar-refractivity contribution in [1.82, 2.24) is 0 Å². The second kappa shape index (κ2) is 1.89. The second-order valence-corrected chi connectivity index (χ2v) is 4.64. The summed E-state index contributed by atoms with van der Waals surface area (Å²) >= 11 is 6.22. The van der Waals surface area contributed by atoms with E-state index in [9.17, 15) is 5.11 Å². The van der Waals surface area contributed by atoms with Gasteiger partial charge in [0, 0.05) is 4.87 Å². The molecule has 58 valence electrons. The average molecular weight is 160 g/mol. The normalized spacial score (nSPS) is 53.4. The molecule has 0 aliphatic heterocycles. The lowest BCUT2D eigenvalue weighted by Gasteiger charge is -2.55. The zero-order valence-corrected chi connectivity index (χ0v) is 6.78. The lowest BCUT2D eigenvalue weighted by molar-refractivity contribution is -0.493.